The molecule has 0 aliphatic carbocycles. The number of aromatic nitrogens is 1. The van der Waals surface area contributed by atoms with E-state index < -0.39 is 6.04 Å². The third-order valence-corrected chi connectivity index (χ3v) is 6.60. The Balaban J connectivity index is 0.00000228. The molecule has 2 heterocycles. The van der Waals surface area contributed by atoms with Gasteiger partial charge in [0.15, 0.2) is 0 Å². The Morgan fingerprint density at radius 2 is 1.92 bits per heavy atom. The average molecular weight is 553 g/mol. The summed E-state index contributed by atoms with van der Waals surface area (Å²) in [7, 11) is 0. The predicted octanol–water partition coefficient (Wildman–Crippen LogP) is 3.96. The highest BCUT2D eigenvalue weighted by molar-refractivity contribution is 6.31. The van der Waals surface area contributed by atoms with E-state index in [1.54, 1.807) is 13.0 Å². The molecule has 0 radical (unpaired) electrons. The summed E-state index contributed by atoms with van der Waals surface area (Å²) in [6.45, 7) is 4.60. The zero-order chi connectivity index (χ0) is 24.2. The molecule has 1 aromatic heterocycles. The fraction of sp³-hybridized carbons (Fsp3) is 0.346. The number of hydrogen-bond acceptors (Lipinski definition) is 5. The van der Waals surface area contributed by atoms with Gasteiger partial charge in [-0.15, -0.1) is 24.8 Å². The number of fused-ring (bicyclic) bond motifs is 1. The second-order valence-electron chi connectivity index (χ2n) is 8.98. The molecule has 7 nitrogen and oxygen atoms in total. The SMILES string of the molecule is Cc1nc(N)ccc1CNC(=O)[C@H](C)NC(=O)[C@H]1C[C@H](Cc2cc(Cl)cc3ccccc23)CN1.Cl.Cl. The largest absolute Gasteiger partial charge is 0.384 e. The van der Waals surface area contributed by atoms with Crippen LogP contribution < -0.4 is 21.7 Å². The van der Waals surface area contributed by atoms with E-state index in [2.05, 4.69) is 33.1 Å². The highest BCUT2D eigenvalue weighted by Gasteiger charge is 2.31. The van der Waals surface area contributed by atoms with Gasteiger partial charge >= 0.3 is 0 Å². The maximum absolute atomic E-state index is 12.8. The summed E-state index contributed by atoms with van der Waals surface area (Å²) in [5.41, 5.74) is 8.52. The number of nitrogen functional groups attached to an aromatic ring is 1. The molecule has 5 N–H and O–H groups in total. The lowest BCUT2D eigenvalue weighted by molar-refractivity contribution is -0.129. The van der Waals surface area contributed by atoms with Gasteiger partial charge < -0.3 is 21.7 Å². The van der Waals surface area contributed by atoms with E-state index in [1.807, 2.05) is 37.3 Å². The molecule has 1 aliphatic rings. The molecule has 2 amide bonds. The first-order valence-corrected chi connectivity index (χ1v) is 11.9. The molecule has 1 aliphatic heterocycles. The third-order valence-electron chi connectivity index (χ3n) is 6.38. The maximum Gasteiger partial charge on any atom is 0.242 e. The summed E-state index contributed by atoms with van der Waals surface area (Å²) in [4.78, 5) is 29.5. The summed E-state index contributed by atoms with van der Waals surface area (Å²) in [6.07, 6.45) is 1.54. The van der Waals surface area contributed by atoms with Crippen molar-refractivity contribution in [1.29, 1.82) is 0 Å². The number of rotatable bonds is 7. The van der Waals surface area contributed by atoms with Gasteiger partial charge in [-0.1, -0.05) is 41.9 Å². The molecule has 194 valence electrons. The number of carbonyl (C=O) groups is 2. The highest BCUT2D eigenvalue weighted by atomic mass is 35.5. The molecule has 4 rings (SSSR count). The lowest BCUT2D eigenvalue weighted by Crippen LogP contribution is -2.50. The topological polar surface area (TPSA) is 109 Å². The minimum atomic E-state index is -0.646. The molecule has 0 bridgehead atoms. The standard InChI is InChI=1S/C26H30ClN5O2.2ClH/c1-15-19(7-8-24(28)31-15)14-30-25(33)16(2)32-26(34)23-10-17(13-29-23)9-20-12-21(27)11-18-5-3-4-6-22(18)20;;/h3-8,11-12,16-17,23,29H,9-10,13-14H2,1-2H3,(H2,28,31)(H,30,33)(H,32,34);2*1H/t16-,17-,23+;;/m0../s1. The van der Waals surface area contributed by atoms with Crippen LogP contribution in [-0.2, 0) is 22.6 Å². The molecule has 0 saturated carbocycles. The smallest absolute Gasteiger partial charge is 0.242 e. The van der Waals surface area contributed by atoms with E-state index in [4.69, 9.17) is 17.3 Å². The molecule has 2 aromatic carbocycles. The van der Waals surface area contributed by atoms with Crippen molar-refractivity contribution in [3.05, 3.63) is 70.4 Å². The van der Waals surface area contributed by atoms with Gasteiger partial charge in [0.05, 0.1) is 6.04 Å². The minimum absolute atomic E-state index is 0. The molecule has 3 aromatic rings. The van der Waals surface area contributed by atoms with Crippen molar-refractivity contribution in [3.63, 3.8) is 0 Å². The van der Waals surface area contributed by atoms with E-state index in [1.165, 1.54) is 10.9 Å². The summed E-state index contributed by atoms with van der Waals surface area (Å²) >= 11 is 6.33. The zero-order valence-electron chi connectivity index (χ0n) is 20.2. The zero-order valence-corrected chi connectivity index (χ0v) is 22.6. The summed E-state index contributed by atoms with van der Waals surface area (Å²) < 4.78 is 0. The number of carbonyl (C=O) groups excluding carboxylic acids is 2. The molecular formula is C26H32Cl3N5O2. The Morgan fingerprint density at radius 1 is 1.17 bits per heavy atom. The van der Waals surface area contributed by atoms with E-state index in [9.17, 15) is 9.59 Å². The van der Waals surface area contributed by atoms with Crippen molar-refractivity contribution in [1.82, 2.24) is 20.9 Å². The average Bonchev–Trinajstić information content (AvgIpc) is 3.27. The lowest BCUT2D eigenvalue weighted by Gasteiger charge is -2.18. The van der Waals surface area contributed by atoms with Crippen LogP contribution in [0.3, 0.4) is 0 Å². The Hall–Kier alpha value is -2.58. The minimum Gasteiger partial charge on any atom is -0.384 e. The van der Waals surface area contributed by atoms with Gasteiger partial charge in [0.2, 0.25) is 11.8 Å². The van der Waals surface area contributed by atoms with Crippen molar-refractivity contribution in [2.75, 3.05) is 12.3 Å². The lowest BCUT2D eigenvalue weighted by atomic mass is 9.93. The van der Waals surface area contributed by atoms with Crippen molar-refractivity contribution < 1.29 is 9.59 Å². The molecule has 10 heteroatoms. The molecular weight excluding hydrogens is 521 g/mol. The normalized spacial score (nSPS) is 17.5. The summed E-state index contributed by atoms with van der Waals surface area (Å²) in [6, 6.07) is 14.8. The Bertz CT molecular complexity index is 1220. The first-order valence-electron chi connectivity index (χ1n) is 11.5. The van der Waals surface area contributed by atoms with Gasteiger partial charge in [-0.05, 0) is 79.3 Å². The molecule has 0 unspecified atom stereocenters. The van der Waals surface area contributed by atoms with E-state index in [0.29, 0.717) is 24.7 Å². The number of benzene rings is 2. The summed E-state index contributed by atoms with van der Waals surface area (Å²) in [5.74, 6) is 0.345. The molecule has 36 heavy (non-hydrogen) atoms. The van der Waals surface area contributed by atoms with Gasteiger partial charge in [-0.25, -0.2) is 4.98 Å². The Morgan fingerprint density at radius 3 is 2.67 bits per heavy atom. The number of nitrogens with two attached hydrogens (primary N) is 1. The number of nitrogens with one attached hydrogen (secondary N) is 3. The third kappa shape index (κ3) is 7.23. The van der Waals surface area contributed by atoms with Crippen LogP contribution in [0.15, 0.2) is 48.5 Å². The summed E-state index contributed by atoms with van der Waals surface area (Å²) in [5, 5.41) is 12.0. The number of amides is 2. The first-order chi connectivity index (χ1) is 16.3. The number of hydrogen-bond donors (Lipinski definition) is 4. The van der Waals surface area contributed by atoms with Crippen molar-refractivity contribution in [3.8, 4) is 0 Å². The van der Waals surface area contributed by atoms with Crippen molar-refractivity contribution in [2.24, 2.45) is 5.92 Å². The van der Waals surface area contributed by atoms with Gasteiger partial charge in [0, 0.05) is 17.3 Å². The monoisotopic (exact) mass is 551 g/mol. The van der Waals surface area contributed by atoms with Gasteiger partial charge in [-0.3, -0.25) is 9.59 Å². The van der Waals surface area contributed by atoms with Crippen LogP contribution in [0.1, 0.15) is 30.2 Å². The van der Waals surface area contributed by atoms with Crippen LogP contribution in [0.2, 0.25) is 5.02 Å². The quantitative estimate of drug-likeness (QED) is 0.355. The van der Waals surface area contributed by atoms with Crippen LogP contribution in [0, 0.1) is 12.8 Å². The number of nitrogens with zero attached hydrogens (tertiary/aromatic N) is 1. The number of pyridine rings is 1. The molecule has 1 saturated heterocycles. The van der Waals surface area contributed by atoms with Crippen LogP contribution in [0.5, 0.6) is 0 Å². The van der Waals surface area contributed by atoms with Crippen LogP contribution in [0.25, 0.3) is 10.8 Å². The van der Waals surface area contributed by atoms with E-state index in [0.717, 1.165) is 34.6 Å². The number of anilines is 1. The fourth-order valence-corrected chi connectivity index (χ4v) is 4.75. The highest BCUT2D eigenvalue weighted by Crippen LogP contribution is 2.28. The Kier molecular flexibility index (Phi) is 10.8. The predicted molar refractivity (Wildman–Crippen MR) is 150 cm³/mol. The number of aryl methyl sites for hydroxylation is 1. The van der Waals surface area contributed by atoms with Crippen LogP contribution >= 0.6 is 36.4 Å². The maximum atomic E-state index is 12.8. The van der Waals surface area contributed by atoms with Gasteiger partial charge in [0.25, 0.3) is 0 Å². The second-order valence-corrected chi connectivity index (χ2v) is 9.42. The Labute approximate surface area is 228 Å². The van der Waals surface area contributed by atoms with E-state index >= 15 is 0 Å². The molecule has 3 atom stereocenters. The van der Waals surface area contributed by atoms with Gasteiger partial charge in [-0.2, -0.15) is 0 Å². The molecule has 1 fully saturated rings. The van der Waals surface area contributed by atoms with Crippen molar-refractivity contribution >= 4 is 64.8 Å². The van der Waals surface area contributed by atoms with Crippen LogP contribution in [-0.4, -0.2) is 35.4 Å². The van der Waals surface area contributed by atoms with Crippen molar-refractivity contribution in [2.45, 2.75) is 45.3 Å². The van der Waals surface area contributed by atoms with Crippen LogP contribution in [0.4, 0.5) is 5.82 Å². The van der Waals surface area contributed by atoms with Gasteiger partial charge in [0.1, 0.15) is 11.9 Å². The first kappa shape index (κ1) is 29.6. The fourth-order valence-electron chi connectivity index (χ4n) is 4.50. The number of halogens is 3. The second kappa shape index (κ2) is 13.1. The molecule has 0 spiro atoms. The van der Waals surface area contributed by atoms with E-state index in [-0.39, 0.29) is 42.7 Å².